The van der Waals surface area contributed by atoms with Gasteiger partial charge in [-0.25, -0.2) is 4.98 Å². The zero-order chi connectivity index (χ0) is 19.4. The van der Waals surface area contributed by atoms with E-state index in [1.165, 1.54) is 0 Å². The van der Waals surface area contributed by atoms with Crippen molar-refractivity contribution in [3.63, 3.8) is 0 Å². The molecule has 0 radical (unpaired) electrons. The summed E-state index contributed by atoms with van der Waals surface area (Å²) in [5.74, 6) is 0.277. The van der Waals surface area contributed by atoms with Crippen molar-refractivity contribution in [2.24, 2.45) is 11.7 Å². The number of aliphatic hydroxyl groups excluding tert-OH is 1. The minimum atomic E-state index is 0.104. The van der Waals surface area contributed by atoms with Gasteiger partial charge in [0.05, 0.1) is 21.2 Å². The van der Waals surface area contributed by atoms with Crippen LogP contribution in [0.5, 0.6) is 0 Å². The Hall–Kier alpha value is -1.64. The first-order valence-electron chi connectivity index (χ1n) is 9.63. The minimum absolute atomic E-state index is 0.104. The van der Waals surface area contributed by atoms with E-state index in [0.29, 0.717) is 6.61 Å². The molecule has 2 aliphatic rings. The molecule has 1 saturated carbocycles. The van der Waals surface area contributed by atoms with Crippen LogP contribution in [0.15, 0.2) is 16.9 Å². The summed E-state index contributed by atoms with van der Waals surface area (Å²) in [5, 5.41) is 11.9. The molecule has 0 spiro atoms. The zero-order valence-corrected chi connectivity index (χ0v) is 17.3. The molecule has 1 unspecified atom stereocenters. The van der Waals surface area contributed by atoms with Crippen molar-refractivity contribution in [2.45, 2.75) is 45.1 Å². The van der Waals surface area contributed by atoms with Gasteiger partial charge in [0, 0.05) is 44.0 Å². The Morgan fingerprint density at radius 2 is 2.22 bits per heavy atom. The molecule has 2 aromatic heterocycles. The lowest BCUT2D eigenvalue weighted by Crippen LogP contribution is -2.43. The Labute approximate surface area is 167 Å². The van der Waals surface area contributed by atoms with Gasteiger partial charge in [-0.3, -0.25) is 4.79 Å². The summed E-state index contributed by atoms with van der Waals surface area (Å²) in [6.45, 7) is 4.03. The number of amides is 1. The topological polar surface area (TPSA) is 107 Å². The maximum Gasteiger partial charge on any atom is 0.227 e. The number of nitrogens with zero attached hydrogens (tertiary/aromatic N) is 2. The lowest BCUT2D eigenvalue weighted by Gasteiger charge is -2.33. The molecule has 7 nitrogen and oxygen atoms in total. The summed E-state index contributed by atoms with van der Waals surface area (Å²) < 4.78 is 0.931. The number of carbonyl (C=O) groups is 1. The Morgan fingerprint density at radius 1 is 1.48 bits per heavy atom. The molecule has 0 aromatic carbocycles. The predicted molar refractivity (Wildman–Crippen MR) is 112 cm³/mol. The first-order valence-corrected chi connectivity index (χ1v) is 10.4. The van der Waals surface area contributed by atoms with E-state index in [1.54, 1.807) is 6.20 Å². The van der Waals surface area contributed by atoms with Crippen molar-refractivity contribution < 1.29 is 9.90 Å². The van der Waals surface area contributed by atoms with Gasteiger partial charge in [-0.2, -0.15) is 0 Å². The molecule has 8 heteroatoms. The molecule has 2 fully saturated rings. The number of nitrogens with two attached hydrogens (primary N) is 1. The maximum atomic E-state index is 12.2. The van der Waals surface area contributed by atoms with Crippen LogP contribution in [-0.4, -0.2) is 46.7 Å². The number of fused-ring (bicyclic) bond motifs is 1. The number of nitrogens with one attached hydrogen (secondary N) is 2. The van der Waals surface area contributed by atoms with E-state index in [9.17, 15) is 4.79 Å². The van der Waals surface area contributed by atoms with Gasteiger partial charge in [-0.05, 0) is 48.0 Å². The number of piperidine rings is 1. The van der Waals surface area contributed by atoms with Gasteiger partial charge in [-0.1, -0.05) is 6.92 Å². The standard InChI is InChI=1S/C16H20BrN5O.C3H8O/c17-11-6-19-15-13(14(11)22-5-1-2-10(18)8-22)12(7-20-15)21-16(23)9-3-4-9;1-2-3-4/h6-7,9-10H,1-5,8,18H2,(H,19,20)(H,21,23);4H,2-3H2,1H3. The highest BCUT2D eigenvalue weighted by atomic mass is 79.9. The number of carbonyl (C=O) groups excluding carboxylic acids is 1. The van der Waals surface area contributed by atoms with Crippen molar-refractivity contribution >= 4 is 44.2 Å². The monoisotopic (exact) mass is 437 g/mol. The molecule has 0 bridgehead atoms. The van der Waals surface area contributed by atoms with Crippen LogP contribution in [0, 0.1) is 5.92 Å². The number of aliphatic hydroxyl groups is 1. The van der Waals surface area contributed by atoms with Crippen molar-refractivity contribution in [1.29, 1.82) is 0 Å². The summed E-state index contributed by atoms with van der Waals surface area (Å²) in [4.78, 5) is 22.0. The second kappa shape index (κ2) is 9.03. The summed E-state index contributed by atoms with van der Waals surface area (Å²) in [6.07, 6.45) is 8.62. The van der Waals surface area contributed by atoms with E-state index in [2.05, 4.69) is 36.1 Å². The summed E-state index contributed by atoms with van der Waals surface area (Å²) >= 11 is 3.63. The number of H-pyrrole nitrogens is 1. The van der Waals surface area contributed by atoms with Crippen LogP contribution in [0.4, 0.5) is 11.4 Å². The molecule has 27 heavy (non-hydrogen) atoms. The molecule has 2 aromatic rings. The average Bonchev–Trinajstić information content (AvgIpc) is 3.45. The van der Waals surface area contributed by atoms with Crippen LogP contribution in [0.3, 0.4) is 0 Å². The number of hydrogen-bond acceptors (Lipinski definition) is 5. The van der Waals surface area contributed by atoms with E-state index in [-0.39, 0.29) is 17.9 Å². The third-order valence-electron chi connectivity index (χ3n) is 4.83. The molecular formula is C19H28BrN5O2. The van der Waals surface area contributed by atoms with E-state index in [4.69, 9.17) is 10.8 Å². The molecule has 148 valence electrons. The number of aromatic amines is 1. The van der Waals surface area contributed by atoms with Gasteiger partial charge in [0.15, 0.2) is 0 Å². The summed E-state index contributed by atoms with van der Waals surface area (Å²) in [7, 11) is 0. The molecule has 1 aliphatic heterocycles. The molecule has 1 amide bonds. The fourth-order valence-electron chi connectivity index (χ4n) is 3.26. The number of anilines is 2. The smallest absolute Gasteiger partial charge is 0.227 e. The van der Waals surface area contributed by atoms with Crippen LogP contribution < -0.4 is 16.0 Å². The first-order chi connectivity index (χ1) is 13.0. The molecule has 4 rings (SSSR count). The molecule has 3 heterocycles. The number of halogens is 1. The Morgan fingerprint density at radius 3 is 2.85 bits per heavy atom. The highest BCUT2D eigenvalue weighted by Gasteiger charge is 2.31. The fraction of sp³-hybridized carbons (Fsp3) is 0.579. The van der Waals surface area contributed by atoms with E-state index >= 15 is 0 Å². The number of rotatable bonds is 4. The number of aromatic nitrogens is 2. The lowest BCUT2D eigenvalue weighted by atomic mass is 10.1. The van der Waals surface area contributed by atoms with Crippen molar-refractivity contribution in [3.8, 4) is 0 Å². The van der Waals surface area contributed by atoms with Gasteiger partial charge in [0.1, 0.15) is 5.65 Å². The third-order valence-corrected chi connectivity index (χ3v) is 5.41. The van der Waals surface area contributed by atoms with Crippen LogP contribution in [0.25, 0.3) is 11.0 Å². The Balaban J connectivity index is 0.000000481. The van der Waals surface area contributed by atoms with Gasteiger partial charge in [0.2, 0.25) is 5.91 Å². The number of hydrogen-bond donors (Lipinski definition) is 4. The quantitative estimate of drug-likeness (QED) is 0.587. The summed E-state index contributed by atoms with van der Waals surface area (Å²) in [5.41, 5.74) is 8.81. The van der Waals surface area contributed by atoms with Gasteiger partial charge in [0.25, 0.3) is 0 Å². The van der Waals surface area contributed by atoms with E-state index in [0.717, 1.165) is 72.1 Å². The van der Waals surface area contributed by atoms with Crippen molar-refractivity contribution in [2.75, 3.05) is 29.9 Å². The van der Waals surface area contributed by atoms with Crippen LogP contribution in [0.2, 0.25) is 0 Å². The second-order valence-electron chi connectivity index (χ2n) is 7.22. The van der Waals surface area contributed by atoms with Crippen LogP contribution in [-0.2, 0) is 4.79 Å². The highest BCUT2D eigenvalue weighted by Crippen LogP contribution is 2.39. The molecule has 5 N–H and O–H groups in total. The van der Waals surface area contributed by atoms with Crippen LogP contribution in [0.1, 0.15) is 39.0 Å². The van der Waals surface area contributed by atoms with E-state index in [1.807, 2.05) is 13.1 Å². The van der Waals surface area contributed by atoms with Gasteiger partial charge >= 0.3 is 0 Å². The second-order valence-corrected chi connectivity index (χ2v) is 8.07. The van der Waals surface area contributed by atoms with Gasteiger partial charge in [-0.15, -0.1) is 0 Å². The third kappa shape index (κ3) is 4.80. The minimum Gasteiger partial charge on any atom is -0.396 e. The normalized spacial score (nSPS) is 19.6. The van der Waals surface area contributed by atoms with Crippen molar-refractivity contribution in [3.05, 3.63) is 16.9 Å². The molecule has 1 atom stereocenters. The molecular weight excluding hydrogens is 410 g/mol. The molecule has 1 aliphatic carbocycles. The molecule has 1 saturated heterocycles. The van der Waals surface area contributed by atoms with Gasteiger partial charge < -0.3 is 26.0 Å². The van der Waals surface area contributed by atoms with Crippen molar-refractivity contribution in [1.82, 2.24) is 9.97 Å². The summed E-state index contributed by atoms with van der Waals surface area (Å²) in [6, 6.07) is 0.183. The maximum absolute atomic E-state index is 12.2. The largest absolute Gasteiger partial charge is 0.396 e. The number of pyridine rings is 1. The van der Waals surface area contributed by atoms with Crippen LogP contribution >= 0.6 is 15.9 Å². The predicted octanol–water partition coefficient (Wildman–Crippen LogP) is 2.99. The zero-order valence-electron chi connectivity index (χ0n) is 15.7. The first kappa shape index (κ1) is 20.1. The fourth-order valence-corrected chi connectivity index (χ4v) is 3.81. The average molecular weight is 438 g/mol. The highest BCUT2D eigenvalue weighted by molar-refractivity contribution is 9.10. The Bertz CT molecular complexity index is 788. The SMILES string of the molecule is CCCO.NC1CCCN(c2c(Br)cnc3[nH]cc(NC(=O)C4CC4)c23)C1. The van der Waals surface area contributed by atoms with E-state index < -0.39 is 0 Å². The Kier molecular flexibility index (Phi) is 6.73. The lowest BCUT2D eigenvalue weighted by molar-refractivity contribution is -0.117.